The number of likely N-dealkylation sites (N-methyl/N-ethyl adjacent to an activating group) is 1. The van der Waals surface area contributed by atoms with Gasteiger partial charge in [0.2, 0.25) is 0 Å². The Morgan fingerprint density at radius 3 is 2.50 bits per heavy atom. The molecule has 1 aliphatic heterocycles. The van der Waals surface area contributed by atoms with E-state index in [1.54, 1.807) is 7.05 Å². The first-order chi connectivity index (χ1) is 7.60. The SMILES string of the molecule is CNC1CN(c2cc(F)cc(F)c2)C(=O)O1. The molecule has 1 amide bonds. The summed E-state index contributed by atoms with van der Waals surface area (Å²) in [6.07, 6.45) is -1.08. The van der Waals surface area contributed by atoms with E-state index in [-0.39, 0.29) is 12.2 Å². The summed E-state index contributed by atoms with van der Waals surface area (Å²) >= 11 is 0. The molecule has 0 saturated carbocycles. The average Bonchev–Trinajstić information content (AvgIpc) is 2.58. The van der Waals surface area contributed by atoms with Crippen LogP contribution in [-0.4, -0.2) is 25.9 Å². The third-order valence-corrected chi connectivity index (χ3v) is 2.29. The highest BCUT2D eigenvalue weighted by atomic mass is 19.1. The summed E-state index contributed by atoms with van der Waals surface area (Å²) in [7, 11) is 1.63. The van der Waals surface area contributed by atoms with E-state index in [0.717, 1.165) is 18.2 Å². The summed E-state index contributed by atoms with van der Waals surface area (Å²) < 4.78 is 30.8. The second-order valence-corrected chi connectivity index (χ2v) is 3.40. The van der Waals surface area contributed by atoms with Crippen LogP contribution in [0.3, 0.4) is 0 Å². The zero-order valence-corrected chi connectivity index (χ0v) is 8.54. The maximum absolute atomic E-state index is 13.0. The van der Waals surface area contributed by atoms with Crippen LogP contribution in [0.5, 0.6) is 0 Å². The van der Waals surface area contributed by atoms with Crippen molar-refractivity contribution in [3.8, 4) is 0 Å². The van der Waals surface area contributed by atoms with Gasteiger partial charge in [0.15, 0.2) is 6.23 Å². The molecule has 4 nitrogen and oxygen atoms in total. The van der Waals surface area contributed by atoms with Crippen molar-refractivity contribution in [2.24, 2.45) is 0 Å². The van der Waals surface area contributed by atoms with Gasteiger partial charge in [0.1, 0.15) is 11.6 Å². The van der Waals surface area contributed by atoms with E-state index in [0.29, 0.717) is 0 Å². The third-order valence-electron chi connectivity index (χ3n) is 2.29. The molecule has 2 rings (SSSR count). The number of ether oxygens (including phenoxy) is 1. The zero-order chi connectivity index (χ0) is 11.7. The normalized spacial score (nSPS) is 20.1. The molecule has 0 aliphatic carbocycles. The number of hydrogen-bond acceptors (Lipinski definition) is 3. The Bertz CT molecular complexity index is 405. The second-order valence-electron chi connectivity index (χ2n) is 3.40. The van der Waals surface area contributed by atoms with Gasteiger partial charge in [0, 0.05) is 6.07 Å². The topological polar surface area (TPSA) is 41.6 Å². The first-order valence-electron chi connectivity index (χ1n) is 4.71. The molecule has 16 heavy (non-hydrogen) atoms. The largest absolute Gasteiger partial charge is 0.428 e. The molecule has 0 spiro atoms. The van der Waals surface area contributed by atoms with Crippen LogP contribution in [0.1, 0.15) is 0 Å². The molecule has 1 aromatic carbocycles. The van der Waals surface area contributed by atoms with Gasteiger partial charge in [0.25, 0.3) is 0 Å². The summed E-state index contributed by atoms with van der Waals surface area (Å²) in [6.45, 7) is 0.220. The van der Waals surface area contributed by atoms with Crippen molar-refractivity contribution in [1.82, 2.24) is 5.32 Å². The van der Waals surface area contributed by atoms with Crippen molar-refractivity contribution in [3.63, 3.8) is 0 Å². The molecule has 1 heterocycles. The number of halogens is 2. The van der Waals surface area contributed by atoms with Crippen LogP contribution >= 0.6 is 0 Å². The number of nitrogens with one attached hydrogen (secondary N) is 1. The van der Waals surface area contributed by atoms with Crippen LogP contribution in [-0.2, 0) is 4.74 Å². The highest BCUT2D eigenvalue weighted by molar-refractivity contribution is 5.89. The smallest absolute Gasteiger partial charge is 0.416 e. The number of rotatable bonds is 2. The molecule has 0 aromatic heterocycles. The predicted octanol–water partition coefficient (Wildman–Crippen LogP) is 1.47. The number of carbonyl (C=O) groups is 1. The molecule has 6 heteroatoms. The van der Waals surface area contributed by atoms with Gasteiger partial charge in [-0.25, -0.2) is 13.6 Å². The predicted molar refractivity (Wildman–Crippen MR) is 53.0 cm³/mol. The van der Waals surface area contributed by atoms with Crippen LogP contribution in [0.15, 0.2) is 18.2 Å². The number of carbonyl (C=O) groups excluding carboxylic acids is 1. The average molecular weight is 228 g/mol. The van der Waals surface area contributed by atoms with Crippen molar-refractivity contribution in [1.29, 1.82) is 0 Å². The number of benzene rings is 1. The quantitative estimate of drug-likeness (QED) is 0.833. The molecule has 1 aromatic rings. The lowest BCUT2D eigenvalue weighted by Crippen LogP contribution is -2.30. The molecule has 1 atom stereocenters. The molecule has 1 aliphatic rings. The number of amides is 1. The van der Waals surface area contributed by atoms with Gasteiger partial charge in [-0.2, -0.15) is 0 Å². The van der Waals surface area contributed by atoms with Crippen molar-refractivity contribution in [3.05, 3.63) is 29.8 Å². The van der Waals surface area contributed by atoms with E-state index in [2.05, 4.69) is 5.32 Å². The summed E-state index contributed by atoms with van der Waals surface area (Å²) in [5.41, 5.74) is 0.153. The molecule has 86 valence electrons. The van der Waals surface area contributed by atoms with Crippen molar-refractivity contribution in [2.45, 2.75) is 6.23 Å². The number of anilines is 1. The van der Waals surface area contributed by atoms with Crippen LogP contribution in [0.25, 0.3) is 0 Å². The number of hydrogen-bond donors (Lipinski definition) is 1. The van der Waals surface area contributed by atoms with Crippen molar-refractivity contribution >= 4 is 11.8 Å². The lowest BCUT2D eigenvalue weighted by molar-refractivity contribution is 0.128. The van der Waals surface area contributed by atoms with Gasteiger partial charge in [-0.3, -0.25) is 10.2 Å². The minimum Gasteiger partial charge on any atom is -0.428 e. The lowest BCUT2D eigenvalue weighted by Gasteiger charge is -2.12. The van der Waals surface area contributed by atoms with Crippen LogP contribution in [0.4, 0.5) is 19.3 Å². The highest BCUT2D eigenvalue weighted by Crippen LogP contribution is 2.22. The molecule has 0 radical (unpaired) electrons. The van der Waals surface area contributed by atoms with Crippen LogP contribution in [0.2, 0.25) is 0 Å². The molecule has 1 saturated heterocycles. The molecule has 1 fully saturated rings. The van der Waals surface area contributed by atoms with Gasteiger partial charge >= 0.3 is 6.09 Å². The fraction of sp³-hybridized carbons (Fsp3) is 0.300. The molecule has 1 unspecified atom stereocenters. The van der Waals surface area contributed by atoms with Crippen molar-refractivity contribution in [2.75, 3.05) is 18.5 Å². The molecule has 1 N–H and O–H groups in total. The first-order valence-corrected chi connectivity index (χ1v) is 4.71. The van der Waals surface area contributed by atoms with Crippen LogP contribution in [0, 0.1) is 11.6 Å². The maximum atomic E-state index is 13.0. The van der Waals surface area contributed by atoms with Gasteiger partial charge in [-0.05, 0) is 19.2 Å². The van der Waals surface area contributed by atoms with E-state index in [4.69, 9.17) is 4.74 Å². The fourth-order valence-corrected chi connectivity index (χ4v) is 1.52. The van der Waals surface area contributed by atoms with Crippen molar-refractivity contribution < 1.29 is 18.3 Å². The Morgan fingerprint density at radius 2 is 2.00 bits per heavy atom. The zero-order valence-electron chi connectivity index (χ0n) is 8.54. The Labute approximate surface area is 90.8 Å². The van der Waals surface area contributed by atoms with Crippen LogP contribution < -0.4 is 10.2 Å². The minimum absolute atomic E-state index is 0.153. The summed E-state index contributed by atoms with van der Waals surface area (Å²) in [4.78, 5) is 12.6. The first kappa shape index (κ1) is 10.8. The van der Waals surface area contributed by atoms with E-state index in [1.165, 1.54) is 4.90 Å². The standard InChI is InChI=1S/C10H10F2N2O2/c1-13-9-5-14(10(15)16-9)8-3-6(11)2-7(12)4-8/h2-4,9,13H,5H2,1H3. The Balaban J connectivity index is 2.27. The minimum atomic E-state index is -0.726. The lowest BCUT2D eigenvalue weighted by atomic mass is 10.2. The van der Waals surface area contributed by atoms with Gasteiger partial charge < -0.3 is 4.74 Å². The van der Waals surface area contributed by atoms with E-state index in [1.807, 2.05) is 0 Å². The van der Waals surface area contributed by atoms with Gasteiger partial charge in [-0.15, -0.1) is 0 Å². The van der Waals surface area contributed by atoms with E-state index < -0.39 is 24.0 Å². The molecular formula is C10H10F2N2O2. The Morgan fingerprint density at radius 1 is 1.38 bits per heavy atom. The van der Waals surface area contributed by atoms with E-state index >= 15 is 0 Å². The molecular weight excluding hydrogens is 218 g/mol. The number of nitrogens with zero attached hydrogens (tertiary/aromatic N) is 1. The Hall–Kier alpha value is -1.69. The highest BCUT2D eigenvalue weighted by Gasteiger charge is 2.31. The summed E-state index contributed by atoms with van der Waals surface area (Å²) in [6, 6.07) is 2.92. The third kappa shape index (κ3) is 1.96. The second kappa shape index (κ2) is 4.05. The fourth-order valence-electron chi connectivity index (χ4n) is 1.52. The summed E-state index contributed by atoms with van der Waals surface area (Å²) in [5, 5.41) is 2.75. The van der Waals surface area contributed by atoms with Gasteiger partial charge in [0.05, 0.1) is 12.2 Å². The van der Waals surface area contributed by atoms with Gasteiger partial charge in [-0.1, -0.05) is 0 Å². The molecule has 0 bridgehead atoms. The maximum Gasteiger partial charge on any atom is 0.416 e. The summed E-state index contributed by atoms with van der Waals surface area (Å²) in [5.74, 6) is -1.45. The Kier molecular flexibility index (Phi) is 2.74. The number of cyclic esters (lactones) is 1. The van der Waals surface area contributed by atoms with E-state index in [9.17, 15) is 13.6 Å². The monoisotopic (exact) mass is 228 g/mol.